The van der Waals surface area contributed by atoms with Gasteiger partial charge in [-0.25, -0.2) is 0 Å². The van der Waals surface area contributed by atoms with Crippen molar-refractivity contribution in [3.05, 3.63) is 33.8 Å². The number of benzene rings is 1. The molecule has 0 aromatic heterocycles. The molecule has 1 atom stereocenters. The van der Waals surface area contributed by atoms with Gasteiger partial charge < -0.3 is 5.11 Å². The Morgan fingerprint density at radius 2 is 2.00 bits per heavy atom. The molecule has 1 N–H and O–H groups in total. The molecule has 1 aromatic rings. The maximum atomic E-state index is 9.92. The van der Waals surface area contributed by atoms with Gasteiger partial charge in [0.1, 0.15) is 0 Å². The quantitative estimate of drug-likeness (QED) is 0.863. The fraction of sp³-hybridized carbons (Fsp3) is 0.538. The summed E-state index contributed by atoms with van der Waals surface area (Å²) >= 11 is 11.8. The Labute approximate surface area is 106 Å². The Morgan fingerprint density at radius 1 is 1.25 bits per heavy atom. The largest absolute Gasteiger partial charge is 0.393 e. The van der Waals surface area contributed by atoms with E-state index in [-0.39, 0.29) is 6.10 Å². The van der Waals surface area contributed by atoms with Gasteiger partial charge in [-0.1, -0.05) is 48.5 Å². The molecule has 2 rings (SSSR count). The summed E-state index contributed by atoms with van der Waals surface area (Å²) in [6.45, 7) is 0. The molecule has 16 heavy (non-hydrogen) atoms. The van der Waals surface area contributed by atoms with Crippen LogP contribution in [0.1, 0.15) is 31.2 Å². The lowest BCUT2D eigenvalue weighted by Crippen LogP contribution is -2.20. The molecular weight excluding hydrogens is 243 g/mol. The molecule has 1 aromatic carbocycles. The summed E-state index contributed by atoms with van der Waals surface area (Å²) in [5.74, 6) is 0.734. The van der Waals surface area contributed by atoms with Gasteiger partial charge in [-0.3, -0.25) is 0 Å². The number of halogens is 2. The van der Waals surface area contributed by atoms with Crippen LogP contribution >= 0.6 is 23.2 Å². The van der Waals surface area contributed by atoms with Crippen LogP contribution in [0.25, 0.3) is 0 Å². The van der Waals surface area contributed by atoms with Crippen molar-refractivity contribution in [2.75, 3.05) is 0 Å². The van der Waals surface area contributed by atoms with E-state index in [4.69, 9.17) is 23.2 Å². The van der Waals surface area contributed by atoms with Crippen LogP contribution in [0, 0.1) is 5.92 Å². The van der Waals surface area contributed by atoms with E-state index in [1.165, 1.54) is 19.3 Å². The zero-order chi connectivity index (χ0) is 11.5. The van der Waals surface area contributed by atoms with Crippen LogP contribution in [0.5, 0.6) is 0 Å². The topological polar surface area (TPSA) is 20.2 Å². The minimum atomic E-state index is -0.248. The molecule has 1 nitrogen and oxygen atoms in total. The van der Waals surface area contributed by atoms with E-state index in [9.17, 15) is 5.11 Å². The summed E-state index contributed by atoms with van der Waals surface area (Å²) in [5, 5.41) is 11.1. The van der Waals surface area contributed by atoms with E-state index >= 15 is 0 Å². The lowest BCUT2D eigenvalue weighted by molar-refractivity contribution is 0.118. The van der Waals surface area contributed by atoms with E-state index in [2.05, 4.69) is 0 Å². The molecule has 0 spiro atoms. The Bertz CT molecular complexity index is 361. The molecule has 1 aliphatic rings. The van der Waals surface area contributed by atoms with E-state index in [1.54, 1.807) is 6.07 Å². The summed E-state index contributed by atoms with van der Waals surface area (Å²) in [6, 6.07) is 5.56. The molecular formula is C13H16Cl2O. The van der Waals surface area contributed by atoms with E-state index < -0.39 is 0 Å². The fourth-order valence-corrected chi connectivity index (χ4v) is 2.46. The Balaban J connectivity index is 1.89. The average molecular weight is 259 g/mol. The van der Waals surface area contributed by atoms with Crippen molar-refractivity contribution < 1.29 is 5.11 Å². The Morgan fingerprint density at radius 3 is 2.56 bits per heavy atom. The van der Waals surface area contributed by atoms with Gasteiger partial charge in [0.25, 0.3) is 0 Å². The van der Waals surface area contributed by atoms with Crippen molar-refractivity contribution in [1.82, 2.24) is 0 Å². The summed E-state index contributed by atoms with van der Waals surface area (Å²) in [4.78, 5) is 0. The molecule has 0 amide bonds. The minimum Gasteiger partial charge on any atom is -0.393 e. The number of aliphatic hydroxyl groups excluding tert-OH is 1. The fourth-order valence-electron chi connectivity index (χ4n) is 2.14. The third kappa shape index (κ3) is 3.13. The predicted molar refractivity (Wildman–Crippen MR) is 68.1 cm³/mol. The molecule has 3 heteroatoms. The standard InChI is InChI=1S/C13H16Cl2O/c14-12-5-4-10(8-13(12)15)7-11(16)6-9-2-1-3-9/h4-5,8-9,11,16H,1-3,6-7H2. The number of rotatable bonds is 4. The molecule has 0 radical (unpaired) electrons. The summed E-state index contributed by atoms with van der Waals surface area (Å²) < 4.78 is 0. The number of hydrogen-bond donors (Lipinski definition) is 1. The smallest absolute Gasteiger partial charge is 0.0595 e. The van der Waals surface area contributed by atoms with E-state index in [0.717, 1.165) is 17.9 Å². The first-order valence-corrected chi connectivity index (χ1v) is 6.52. The van der Waals surface area contributed by atoms with Crippen LogP contribution in [-0.4, -0.2) is 11.2 Å². The summed E-state index contributed by atoms with van der Waals surface area (Å²) in [5.41, 5.74) is 1.06. The van der Waals surface area contributed by atoms with E-state index in [0.29, 0.717) is 16.5 Å². The van der Waals surface area contributed by atoms with Crippen LogP contribution in [0.4, 0.5) is 0 Å². The Kier molecular flexibility index (Phi) is 4.12. The zero-order valence-corrected chi connectivity index (χ0v) is 10.6. The second-order valence-corrected chi connectivity index (χ2v) is 5.45. The lowest BCUT2D eigenvalue weighted by atomic mass is 9.80. The van der Waals surface area contributed by atoms with Crippen molar-refractivity contribution in [3.63, 3.8) is 0 Å². The molecule has 1 saturated carbocycles. The highest BCUT2D eigenvalue weighted by Crippen LogP contribution is 2.31. The first kappa shape index (κ1) is 12.2. The highest BCUT2D eigenvalue weighted by molar-refractivity contribution is 6.42. The van der Waals surface area contributed by atoms with Gasteiger partial charge in [-0.05, 0) is 36.5 Å². The third-order valence-electron chi connectivity index (χ3n) is 3.29. The predicted octanol–water partition coefficient (Wildman–Crippen LogP) is 4.09. The van der Waals surface area contributed by atoms with Crippen LogP contribution in [0.15, 0.2) is 18.2 Å². The van der Waals surface area contributed by atoms with Gasteiger partial charge in [0.15, 0.2) is 0 Å². The summed E-state index contributed by atoms with van der Waals surface area (Å²) in [7, 11) is 0. The van der Waals surface area contributed by atoms with Crippen molar-refractivity contribution in [3.8, 4) is 0 Å². The Hall–Kier alpha value is -0.240. The molecule has 1 fully saturated rings. The first-order valence-electron chi connectivity index (χ1n) is 5.77. The maximum absolute atomic E-state index is 9.92. The van der Waals surface area contributed by atoms with Crippen LogP contribution in [0.3, 0.4) is 0 Å². The highest BCUT2D eigenvalue weighted by Gasteiger charge is 2.21. The summed E-state index contributed by atoms with van der Waals surface area (Å²) in [6.07, 6.45) is 5.22. The highest BCUT2D eigenvalue weighted by atomic mass is 35.5. The molecule has 88 valence electrons. The maximum Gasteiger partial charge on any atom is 0.0595 e. The average Bonchev–Trinajstić information content (AvgIpc) is 2.18. The second-order valence-electron chi connectivity index (χ2n) is 4.64. The SMILES string of the molecule is OC(Cc1ccc(Cl)c(Cl)c1)CC1CCC1. The van der Waals surface area contributed by atoms with Gasteiger partial charge in [0, 0.05) is 0 Å². The number of hydrogen-bond acceptors (Lipinski definition) is 1. The lowest BCUT2D eigenvalue weighted by Gasteiger charge is -2.27. The van der Waals surface area contributed by atoms with Gasteiger partial charge >= 0.3 is 0 Å². The van der Waals surface area contributed by atoms with Gasteiger partial charge in [-0.2, -0.15) is 0 Å². The molecule has 0 aliphatic heterocycles. The van der Waals surface area contributed by atoms with Crippen molar-refractivity contribution in [2.45, 2.75) is 38.2 Å². The second kappa shape index (κ2) is 5.39. The third-order valence-corrected chi connectivity index (χ3v) is 4.02. The van der Waals surface area contributed by atoms with Gasteiger partial charge in [0.2, 0.25) is 0 Å². The van der Waals surface area contributed by atoms with Crippen LogP contribution in [0.2, 0.25) is 10.0 Å². The molecule has 0 heterocycles. The molecule has 1 unspecified atom stereocenters. The molecule has 0 bridgehead atoms. The zero-order valence-electron chi connectivity index (χ0n) is 9.13. The van der Waals surface area contributed by atoms with Crippen LogP contribution < -0.4 is 0 Å². The van der Waals surface area contributed by atoms with Gasteiger partial charge in [-0.15, -0.1) is 0 Å². The van der Waals surface area contributed by atoms with Crippen molar-refractivity contribution in [1.29, 1.82) is 0 Å². The monoisotopic (exact) mass is 258 g/mol. The normalized spacial score (nSPS) is 18.2. The van der Waals surface area contributed by atoms with Crippen LogP contribution in [-0.2, 0) is 6.42 Å². The van der Waals surface area contributed by atoms with Crippen molar-refractivity contribution >= 4 is 23.2 Å². The first-order chi connectivity index (χ1) is 7.65. The number of aliphatic hydroxyl groups is 1. The van der Waals surface area contributed by atoms with Crippen molar-refractivity contribution in [2.24, 2.45) is 5.92 Å². The van der Waals surface area contributed by atoms with E-state index in [1.807, 2.05) is 12.1 Å². The van der Waals surface area contributed by atoms with Gasteiger partial charge in [0.05, 0.1) is 16.1 Å². The molecule has 0 saturated heterocycles. The minimum absolute atomic E-state index is 0.248. The molecule has 1 aliphatic carbocycles.